The lowest BCUT2D eigenvalue weighted by Crippen LogP contribution is -2.32. The van der Waals surface area contributed by atoms with E-state index in [1.807, 2.05) is 30.3 Å². The maximum atomic E-state index is 11.9. The Labute approximate surface area is 121 Å². The topological polar surface area (TPSA) is 75.8 Å². The second-order valence-electron chi connectivity index (χ2n) is 4.62. The van der Waals surface area contributed by atoms with Gasteiger partial charge in [0.1, 0.15) is 0 Å². The van der Waals surface area contributed by atoms with Crippen LogP contribution in [0.5, 0.6) is 11.5 Å². The summed E-state index contributed by atoms with van der Waals surface area (Å²) in [6, 6.07) is 9.96. The van der Waals surface area contributed by atoms with Gasteiger partial charge < -0.3 is 15.6 Å². The molecule has 0 spiro atoms. The highest BCUT2D eigenvalue weighted by Gasteiger charge is 2.25. The predicted octanol–water partition coefficient (Wildman–Crippen LogP) is 3.10. The van der Waals surface area contributed by atoms with Crippen molar-refractivity contribution in [2.45, 2.75) is 0 Å². The fourth-order valence-electron chi connectivity index (χ4n) is 2.52. The zero-order valence-corrected chi connectivity index (χ0v) is 11.4. The number of benzene rings is 2. The van der Waals surface area contributed by atoms with E-state index < -0.39 is 6.03 Å². The van der Waals surface area contributed by atoms with Crippen molar-refractivity contribution < 1.29 is 14.6 Å². The van der Waals surface area contributed by atoms with Crippen LogP contribution in [0.2, 0.25) is 0 Å². The second-order valence-corrected chi connectivity index (χ2v) is 4.62. The minimum Gasteiger partial charge on any atom is -0.504 e. The number of nitrogens with two attached hydrogens (primary N) is 1. The van der Waals surface area contributed by atoms with Gasteiger partial charge in [-0.1, -0.05) is 24.3 Å². The van der Waals surface area contributed by atoms with Crippen molar-refractivity contribution >= 4 is 29.6 Å². The predicted molar refractivity (Wildman–Crippen MR) is 81.8 cm³/mol. The number of rotatable bonds is 1. The fourth-order valence-corrected chi connectivity index (χ4v) is 2.52. The molecule has 0 aliphatic carbocycles. The number of primary amides is 1. The SMILES string of the molecule is COc1c(O)ccc2c1C=Cc1ccccc1N2C(N)=O. The molecule has 21 heavy (non-hydrogen) atoms. The number of carbonyl (C=O) groups excluding carboxylic acids is 1. The molecule has 3 rings (SSSR count). The maximum absolute atomic E-state index is 11.9. The summed E-state index contributed by atoms with van der Waals surface area (Å²) in [7, 11) is 1.47. The van der Waals surface area contributed by atoms with Gasteiger partial charge in [-0.3, -0.25) is 4.90 Å². The van der Waals surface area contributed by atoms with Crippen LogP contribution >= 0.6 is 0 Å². The van der Waals surface area contributed by atoms with E-state index in [-0.39, 0.29) is 5.75 Å². The average molecular weight is 282 g/mol. The Morgan fingerprint density at radius 3 is 2.62 bits per heavy atom. The normalized spacial score (nSPS) is 12.3. The standard InChI is InChI=1S/C16H14N2O3/c1-21-15-11-7-6-10-4-2-3-5-12(10)18(16(17)20)13(11)8-9-14(15)19/h2-9,19H,1H3,(H2,17,20). The summed E-state index contributed by atoms with van der Waals surface area (Å²) in [6.45, 7) is 0. The van der Waals surface area contributed by atoms with E-state index >= 15 is 0 Å². The molecule has 106 valence electrons. The molecule has 1 heterocycles. The van der Waals surface area contributed by atoms with E-state index in [4.69, 9.17) is 10.5 Å². The third-order valence-electron chi connectivity index (χ3n) is 3.42. The molecule has 2 aromatic carbocycles. The third kappa shape index (κ3) is 1.99. The van der Waals surface area contributed by atoms with Crippen LogP contribution in [0, 0.1) is 0 Å². The summed E-state index contributed by atoms with van der Waals surface area (Å²) in [6.07, 6.45) is 3.66. The molecule has 0 radical (unpaired) electrons. The molecule has 0 atom stereocenters. The molecular weight excluding hydrogens is 268 g/mol. The smallest absolute Gasteiger partial charge is 0.323 e. The van der Waals surface area contributed by atoms with Gasteiger partial charge in [0.2, 0.25) is 0 Å². The van der Waals surface area contributed by atoms with Crippen molar-refractivity contribution in [1.82, 2.24) is 0 Å². The van der Waals surface area contributed by atoms with E-state index in [0.29, 0.717) is 22.7 Å². The Morgan fingerprint density at radius 2 is 1.90 bits per heavy atom. The van der Waals surface area contributed by atoms with Gasteiger partial charge in [-0.05, 0) is 29.8 Å². The fraction of sp³-hybridized carbons (Fsp3) is 0.0625. The number of methoxy groups -OCH3 is 1. The quantitative estimate of drug-likeness (QED) is 0.843. The van der Waals surface area contributed by atoms with E-state index in [1.165, 1.54) is 18.1 Å². The van der Waals surface area contributed by atoms with Crippen molar-refractivity contribution in [2.75, 3.05) is 12.0 Å². The minimum absolute atomic E-state index is 0.0104. The van der Waals surface area contributed by atoms with Gasteiger partial charge in [0, 0.05) is 5.56 Å². The molecule has 0 saturated carbocycles. The lowest BCUT2D eigenvalue weighted by molar-refractivity contribution is 0.256. The number of anilines is 2. The number of urea groups is 1. The van der Waals surface area contributed by atoms with Crippen LogP contribution in [0.15, 0.2) is 36.4 Å². The monoisotopic (exact) mass is 282 g/mol. The molecule has 3 N–H and O–H groups in total. The van der Waals surface area contributed by atoms with E-state index in [0.717, 1.165) is 5.56 Å². The van der Waals surface area contributed by atoms with Crippen LogP contribution in [0.3, 0.4) is 0 Å². The van der Waals surface area contributed by atoms with Crippen molar-refractivity contribution in [3.8, 4) is 11.5 Å². The number of hydrogen-bond acceptors (Lipinski definition) is 3. The number of carbonyl (C=O) groups is 1. The Balaban J connectivity index is 2.34. The van der Waals surface area contributed by atoms with Gasteiger partial charge in [0.25, 0.3) is 0 Å². The van der Waals surface area contributed by atoms with Gasteiger partial charge in [0.15, 0.2) is 11.5 Å². The van der Waals surface area contributed by atoms with Crippen LogP contribution in [0.1, 0.15) is 11.1 Å². The number of phenols is 1. The van der Waals surface area contributed by atoms with Crippen molar-refractivity contribution in [2.24, 2.45) is 5.73 Å². The highest BCUT2D eigenvalue weighted by Crippen LogP contribution is 2.43. The largest absolute Gasteiger partial charge is 0.504 e. The maximum Gasteiger partial charge on any atom is 0.323 e. The van der Waals surface area contributed by atoms with Crippen molar-refractivity contribution in [3.63, 3.8) is 0 Å². The lowest BCUT2D eigenvalue weighted by Gasteiger charge is -2.23. The first-order valence-electron chi connectivity index (χ1n) is 6.40. The van der Waals surface area contributed by atoms with Crippen molar-refractivity contribution in [3.05, 3.63) is 47.5 Å². The van der Waals surface area contributed by atoms with Gasteiger partial charge in [-0.15, -0.1) is 0 Å². The zero-order chi connectivity index (χ0) is 15.0. The third-order valence-corrected chi connectivity index (χ3v) is 3.42. The molecule has 0 aromatic heterocycles. The molecule has 1 aliphatic rings. The van der Waals surface area contributed by atoms with E-state index in [9.17, 15) is 9.90 Å². The Kier molecular flexibility index (Phi) is 3.02. The summed E-state index contributed by atoms with van der Waals surface area (Å²) in [5.74, 6) is 0.319. The Hall–Kier alpha value is -2.95. The van der Waals surface area contributed by atoms with Crippen LogP contribution in [0.4, 0.5) is 16.2 Å². The zero-order valence-electron chi connectivity index (χ0n) is 11.4. The number of para-hydroxylation sites is 1. The minimum atomic E-state index is -0.597. The van der Waals surface area contributed by atoms with Crippen LogP contribution in [-0.4, -0.2) is 18.2 Å². The lowest BCUT2D eigenvalue weighted by atomic mass is 10.1. The van der Waals surface area contributed by atoms with Gasteiger partial charge in [-0.25, -0.2) is 4.79 Å². The van der Waals surface area contributed by atoms with Gasteiger partial charge >= 0.3 is 6.03 Å². The molecule has 1 aliphatic heterocycles. The highest BCUT2D eigenvalue weighted by atomic mass is 16.5. The first-order chi connectivity index (χ1) is 10.1. The summed E-state index contributed by atoms with van der Waals surface area (Å²) < 4.78 is 5.25. The van der Waals surface area contributed by atoms with E-state index in [2.05, 4.69) is 0 Å². The molecule has 5 nitrogen and oxygen atoms in total. The number of hydrogen-bond donors (Lipinski definition) is 2. The molecule has 0 unspecified atom stereocenters. The highest BCUT2D eigenvalue weighted by molar-refractivity contribution is 6.05. The molecule has 0 fully saturated rings. The summed E-state index contributed by atoms with van der Waals surface area (Å²) >= 11 is 0. The molecular formula is C16H14N2O3. The Bertz CT molecular complexity index is 753. The molecule has 0 saturated heterocycles. The van der Waals surface area contributed by atoms with Gasteiger partial charge in [0.05, 0.1) is 18.5 Å². The number of amides is 2. The summed E-state index contributed by atoms with van der Waals surface area (Å²) in [5.41, 5.74) is 8.27. The first kappa shape index (κ1) is 13.1. The number of ether oxygens (including phenoxy) is 1. The van der Waals surface area contributed by atoms with Crippen LogP contribution in [-0.2, 0) is 0 Å². The summed E-state index contributed by atoms with van der Waals surface area (Å²) in [5, 5.41) is 9.91. The number of nitrogens with zero attached hydrogens (tertiary/aromatic N) is 1. The second kappa shape index (κ2) is 4.86. The Morgan fingerprint density at radius 1 is 1.14 bits per heavy atom. The van der Waals surface area contributed by atoms with Crippen LogP contribution in [0.25, 0.3) is 12.2 Å². The molecule has 2 amide bonds. The van der Waals surface area contributed by atoms with Crippen molar-refractivity contribution in [1.29, 1.82) is 0 Å². The number of aromatic hydroxyl groups is 1. The number of phenolic OH excluding ortho intramolecular Hbond substituents is 1. The molecule has 2 aromatic rings. The van der Waals surface area contributed by atoms with E-state index in [1.54, 1.807) is 12.1 Å². The molecule has 0 bridgehead atoms. The molecule has 5 heteroatoms. The first-order valence-corrected chi connectivity index (χ1v) is 6.40. The van der Waals surface area contributed by atoms with Crippen LogP contribution < -0.4 is 15.4 Å². The average Bonchev–Trinajstić information content (AvgIpc) is 2.64. The summed E-state index contributed by atoms with van der Waals surface area (Å²) in [4.78, 5) is 13.3. The number of fused-ring (bicyclic) bond motifs is 2. The van der Waals surface area contributed by atoms with Gasteiger partial charge in [-0.2, -0.15) is 0 Å².